The third-order valence-electron chi connectivity index (χ3n) is 4.57. The normalized spacial score (nSPS) is 21.1. The van der Waals surface area contributed by atoms with E-state index in [1.54, 1.807) is 18.5 Å². The highest BCUT2D eigenvalue weighted by Gasteiger charge is 2.39. The molecule has 0 bridgehead atoms. The van der Waals surface area contributed by atoms with E-state index in [1.165, 1.54) is 6.20 Å². The van der Waals surface area contributed by atoms with Gasteiger partial charge in [0.15, 0.2) is 9.84 Å². The molecule has 2 aromatic heterocycles. The number of nitrogens with one attached hydrogen (secondary N) is 3. The Bertz CT molecular complexity index is 904. The van der Waals surface area contributed by atoms with E-state index in [2.05, 4.69) is 20.6 Å². The van der Waals surface area contributed by atoms with Gasteiger partial charge in [0, 0.05) is 44.2 Å². The van der Waals surface area contributed by atoms with E-state index in [0.29, 0.717) is 12.1 Å². The number of rotatable bonds is 7. The van der Waals surface area contributed by atoms with E-state index in [0.717, 1.165) is 12.2 Å². The lowest BCUT2D eigenvalue weighted by Crippen LogP contribution is -2.51. The monoisotopic (exact) mass is 393 g/mol. The Kier molecular flexibility index (Phi) is 5.64. The number of aryl methyl sites for hydroxylation is 2. The molecule has 27 heavy (non-hydrogen) atoms. The van der Waals surface area contributed by atoms with Gasteiger partial charge >= 0.3 is 0 Å². The third kappa shape index (κ3) is 4.76. The van der Waals surface area contributed by atoms with Crippen molar-refractivity contribution in [2.75, 3.05) is 11.5 Å². The molecule has 0 aliphatic carbocycles. The Morgan fingerprint density at radius 2 is 2.04 bits per heavy atom. The number of amides is 2. The van der Waals surface area contributed by atoms with Crippen LogP contribution < -0.4 is 10.6 Å². The van der Waals surface area contributed by atoms with Crippen LogP contribution in [-0.4, -0.2) is 58.4 Å². The minimum atomic E-state index is -3.33. The van der Waals surface area contributed by atoms with Gasteiger partial charge in [0.2, 0.25) is 5.91 Å². The second-order valence-electron chi connectivity index (χ2n) is 6.57. The summed E-state index contributed by atoms with van der Waals surface area (Å²) in [4.78, 5) is 31.5. The highest BCUT2D eigenvalue weighted by Crippen LogP contribution is 2.14. The molecule has 1 saturated heterocycles. The van der Waals surface area contributed by atoms with Crippen molar-refractivity contribution in [3.63, 3.8) is 0 Å². The number of hydrogen-bond acceptors (Lipinski definition) is 5. The first-order chi connectivity index (χ1) is 12.9. The molecule has 2 aromatic rings. The molecule has 3 N–H and O–H groups in total. The summed E-state index contributed by atoms with van der Waals surface area (Å²) in [6.45, 7) is 2.45. The Hall–Kier alpha value is -2.62. The van der Waals surface area contributed by atoms with Crippen LogP contribution in [-0.2, 0) is 27.6 Å². The number of sulfone groups is 1. The smallest absolute Gasteiger partial charge is 0.253 e. The lowest BCUT2D eigenvalue weighted by atomic mass is 10.1. The van der Waals surface area contributed by atoms with Gasteiger partial charge < -0.3 is 20.2 Å². The molecule has 2 atom stereocenters. The Morgan fingerprint density at radius 3 is 2.70 bits per heavy atom. The van der Waals surface area contributed by atoms with E-state index >= 15 is 0 Å². The first-order valence-corrected chi connectivity index (χ1v) is 10.6. The summed E-state index contributed by atoms with van der Waals surface area (Å²) in [7, 11) is -3.33. The standard InChI is InChI=1S/C17H23N5O4S/c1-2-15-19-6-8-22(15)7-4-16(23)20-13-10-27(25,26)11-14(13)21-17(24)12-3-5-18-9-12/h3,5-6,8-9,13-14,18H,2,4,7,10-11H2,1H3,(H,20,23)(H,21,24)/t13-,14-/m1/s1. The summed E-state index contributed by atoms with van der Waals surface area (Å²) in [5.74, 6) is -0.0993. The van der Waals surface area contributed by atoms with Crippen molar-refractivity contribution < 1.29 is 18.0 Å². The molecule has 0 spiro atoms. The molecule has 10 heteroatoms. The van der Waals surface area contributed by atoms with Crippen LogP contribution in [0.25, 0.3) is 0 Å². The van der Waals surface area contributed by atoms with Crippen LogP contribution in [0.1, 0.15) is 29.5 Å². The van der Waals surface area contributed by atoms with Crippen LogP contribution in [0.15, 0.2) is 30.9 Å². The second kappa shape index (κ2) is 7.95. The summed E-state index contributed by atoms with van der Waals surface area (Å²) in [6.07, 6.45) is 7.61. The van der Waals surface area contributed by atoms with Gasteiger partial charge in [0.05, 0.1) is 29.2 Å². The molecule has 3 rings (SSSR count). The number of carbonyl (C=O) groups excluding carboxylic acids is 2. The molecule has 0 unspecified atom stereocenters. The lowest BCUT2D eigenvalue weighted by molar-refractivity contribution is -0.122. The van der Waals surface area contributed by atoms with Gasteiger partial charge in [-0.1, -0.05) is 6.92 Å². The number of H-pyrrole nitrogens is 1. The van der Waals surface area contributed by atoms with E-state index in [9.17, 15) is 18.0 Å². The van der Waals surface area contributed by atoms with Crippen LogP contribution >= 0.6 is 0 Å². The van der Waals surface area contributed by atoms with Gasteiger partial charge in [-0.15, -0.1) is 0 Å². The number of imidazole rings is 1. The van der Waals surface area contributed by atoms with E-state index < -0.39 is 21.9 Å². The topological polar surface area (TPSA) is 126 Å². The zero-order valence-corrected chi connectivity index (χ0v) is 15.8. The number of aromatic amines is 1. The van der Waals surface area contributed by atoms with Crippen LogP contribution in [0.4, 0.5) is 0 Å². The van der Waals surface area contributed by atoms with E-state index in [1.807, 2.05) is 17.7 Å². The molecule has 9 nitrogen and oxygen atoms in total. The molecular formula is C17H23N5O4S. The van der Waals surface area contributed by atoms with Gasteiger partial charge in [-0.3, -0.25) is 9.59 Å². The Morgan fingerprint density at radius 1 is 1.30 bits per heavy atom. The summed E-state index contributed by atoms with van der Waals surface area (Å²) in [5.41, 5.74) is 0.413. The first kappa shape index (κ1) is 19.2. The molecule has 146 valence electrons. The maximum absolute atomic E-state index is 12.3. The molecule has 0 aromatic carbocycles. The lowest BCUT2D eigenvalue weighted by Gasteiger charge is -2.20. The average Bonchev–Trinajstić information content (AvgIpc) is 3.33. The average molecular weight is 393 g/mol. The van der Waals surface area contributed by atoms with Crippen LogP contribution in [0, 0.1) is 0 Å². The Balaban J connectivity index is 1.59. The van der Waals surface area contributed by atoms with Gasteiger partial charge in [-0.05, 0) is 6.07 Å². The molecule has 0 radical (unpaired) electrons. The largest absolute Gasteiger partial charge is 0.367 e. The van der Waals surface area contributed by atoms with Gasteiger partial charge in [0.25, 0.3) is 5.91 Å². The number of nitrogens with zero attached hydrogens (tertiary/aromatic N) is 2. The highest BCUT2D eigenvalue weighted by atomic mass is 32.2. The summed E-state index contributed by atoms with van der Waals surface area (Å²) in [5, 5.41) is 5.47. The quantitative estimate of drug-likeness (QED) is 0.604. The second-order valence-corrected chi connectivity index (χ2v) is 8.72. The molecule has 1 aliphatic heterocycles. The predicted molar refractivity (Wildman–Crippen MR) is 98.9 cm³/mol. The minimum Gasteiger partial charge on any atom is -0.367 e. The van der Waals surface area contributed by atoms with E-state index in [4.69, 9.17) is 0 Å². The van der Waals surface area contributed by atoms with Crippen molar-refractivity contribution in [3.8, 4) is 0 Å². The highest BCUT2D eigenvalue weighted by molar-refractivity contribution is 7.91. The van der Waals surface area contributed by atoms with Gasteiger partial charge in [-0.25, -0.2) is 13.4 Å². The van der Waals surface area contributed by atoms with Gasteiger partial charge in [0.1, 0.15) is 5.82 Å². The molecule has 2 amide bonds. The van der Waals surface area contributed by atoms with Crippen LogP contribution in [0.3, 0.4) is 0 Å². The fraction of sp³-hybridized carbons (Fsp3) is 0.471. The van der Waals surface area contributed by atoms with Crippen molar-refractivity contribution in [1.82, 2.24) is 25.2 Å². The minimum absolute atomic E-state index is 0.178. The molecule has 1 aliphatic rings. The Labute approximate surface area is 157 Å². The summed E-state index contributed by atoms with van der Waals surface area (Å²) in [6, 6.07) is 0.308. The molecular weight excluding hydrogens is 370 g/mol. The van der Waals surface area contributed by atoms with Crippen LogP contribution in [0.2, 0.25) is 0 Å². The predicted octanol–water partition coefficient (Wildman–Crippen LogP) is -0.124. The maximum Gasteiger partial charge on any atom is 0.253 e. The van der Waals surface area contributed by atoms with Crippen molar-refractivity contribution in [3.05, 3.63) is 42.2 Å². The zero-order valence-electron chi connectivity index (χ0n) is 15.0. The third-order valence-corrected chi connectivity index (χ3v) is 6.31. The number of hydrogen-bond donors (Lipinski definition) is 3. The van der Waals surface area contributed by atoms with E-state index in [-0.39, 0.29) is 29.7 Å². The fourth-order valence-electron chi connectivity index (χ4n) is 3.21. The number of aromatic nitrogens is 3. The van der Waals surface area contributed by atoms with Crippen LogP contribution in [0.5, 0.6) is 0 Å². The fourth-order valence-corrected chi connectivity index (χ4v) is 5.07. The summed E-state index contributed by atoms with van der Waals surface area (Å²) >= 11 is 0. The SMILES string of the molecule is CCc1nccn1CCC(=O)N[C@@H]1CS(=O)(=O)C[C@H]1NC(=O)c1cc[nH]c1. The van der Waals surface area contributed by atoms with Gasteiger partial charge in [-0.2, -0.15) is 0 Å². The van der Waals surface area contributed by atoms with Crippen molar-refractivity contribution in [1.29, 1.82) is 0 Å². The summed E-state index contributed by atoms with van der Waals surface area (Å²) < 4.78 is 25.9. The van der Waals surface area contributed by atoms with Crippen molar-refractivity contribution in [2.24, 2.45) is 0 Å². The van der Waals surface area contributed by atoms with Crippen molar-refractivity contribution in [2.45, 2.75) is 38.4 Å². The first-order valence-electron chi connectivity index (χ1n) is 8.81. The number of carbonyl (C=O) groups is 2. The van der Waals surface area contributed by atoms with Crippen molar-refractivity contribution >= 4 is 21.7 Å². The zero-order chi connectivity index (χ0) is 19.4. The molecule has 3 heterocycles. The molecule has 1 fully saturated rings. The molecule has 0 saturated carbocycles. The maximum atomic E-state index is 12.3.